The van der Waals surface area contributed by atoms with E-state index in [0.29, 0.717) is 6.61 Å². The second-order valence-corrected chi connectivity index (χ2v) is 4.12. The number of esters is 1. The Kier molecular flexibility index (Phi) is 4.62. The number of carbonyl (C=O) groups is 3. The molecular formula is C11H18N2O4. The smallest absolute Gasteiger partial charge is 0.307 e. The fourth-order valence-electron chi connectivity index (χ4n) is 1.85. The van der Waals surface area contributed by atoms with E-state index in [1.165, 1.54) is 0 Å². The van der Waals surface area contributed by atoms with Crippen molar-refractivity contribution in [2.45, 2.75) is 39.3 Å². The van der Waals surface area contributed by atoms with Gasteiger partial charge in [-0.25, -0.2) is 0 Å². The third kappa shape index (κ3) is 3.52. The zero-order valence-corrected chi connectivity index (χ0v) is 10.4. The van der Waals surface area contributed by atoms with Crippen LogP contribution in [0.4, 0.5) is 0 Å². The first kappa shape index (κ1) is 13.6. The van der Waals surface area contributed by atoms with Crippen LogP contribution in [0.2, 0.25) is 0 Å². The Bertz CT molecular complexity index is 329. The zero-order chi connectivity index (χ0) is 13.0. The topological polar surface area (TPSA) is 75.7 Å². The number of nitrogens with zero attached hydrogens (tertiary/aromatic N) is 1. The van der Waals surface area contributed by atoms with Gasteiger partial charge in [-0.05, 0) is 20.8 Å². The molecule has 2 unspecified atom stereocenters. The molecule has 2 amide bonds. The number of piperazine rings is 1. The quantitative estimate of drug-likeness (QED) is 0.540. The second-order valence-electron chi connectivity index (χ2n) is 4.12. The average molecular weight is 242 g/mol. The molecular weight excluding hydrogens is 224 g/mol. The third-order valence-electron chi connectivity index (χ3n) is 2.80. The summed E-state index contributed by atoms with van der Waals surface area (Å²) in [4.78, 5) is 35.7. The van der Waals surface area contributed by atoms with Crippen LogP contribution in [0.1, 0.15) is 27.2 Å². The predicted molar refractivity (Wildman–Crippen MR) is 60.0 cm³/mol. The Hall–Kier alpha value is -1.43. The molecule has 0 bridgehead atoms. The van der Waals surface area contributed by atoms with Gasteiger partial charge < -0.3 is 4.74 Å². The number of hydrogen-bond donors (Lipinski definition) is 1. The molecule has 0 aromatic heterocycles. The molecule has 0 aromatic carbocycles. The number of ether oxygens (including phenoxy) is 1. The van der Waals surface area contributed by atoms with Gasteiger partial charge >= 0.3 is 5.97 Å². The van der Waals surface area contributed by atoms with Crippen LogP contribution in [0, 0.1) is 0 Å². The van der Waals surface area contributed by atoms with E-state index in [4.69, 9.17) is 4.74 Å². The maximum absolute atomic E-state index is 11.4. The maximum atomic E-state index is 11.4. The Labute approximate surface area is 100 Å². The lowest BCUT2D eigenvalue weighted by molar-refractivity contribution is -0.148. The standard InChI is InChI=1S/C11H18N2O4/c1-4-17-10(15)5-7(2)13-6-9(14)12-11(16)8(13)3/h7-8H,4-6H2,1-3H3,(H,12,14,16). The van der Waals surface area contributed by atoms with Gasteiger partial charge in [0.05, 0.1) is 25.6 Å². The van der Waals surface area contributed by atoms with Crippen molar-refractivity contribution in [3.05, 3.63) is 0 Å². The largest absolute Gasteiger partial charge is 0.466 e. The molecule has 1 heterocycles. The lowest BCUT2D eigenvalue weighted by atomic mass is 10.1. The Morgan fingerprint density at radius 3 is 2.82 bits per heavy atom. The van der Waals surface area contributed by atoms with Crippen LogP contribution in [0.15, 0.2) is 0 Å². The first-order valence-electron chi connectivity index (χ1n) is 5.70. The molecule has 6 nitrogen and oxygen atoms in total. The fraction of sp³-hybridized carbons (Fsp3) is 0.727. The average Bonchev–Trinajstić information content (AvgIpc) is 2.23. The van der Waals surface area contributed by atoms with E-state index in [2.05, 4.69) is 5.32 Å². The first-order valence-corrected chi connectivity index (χ1v) is 5.70. The summed E-state index contributed by atoms with van der Waals surface area (Å²) in [6.45, 7) is 5.72. The van der Waals surface area contributed by atoms with Crippen LogP contribution in [0.3, 0.4) is 0 Å². The molecule has 0 aromatic rings. The summed E-state index contributed by atoms with van der Waals surface area (Å²) in [7, 11) is 0. The van der Waals surface area contributed by atoms with Crippen LogP contribution < -0.4 is 5.32 Å². The highest BCUT2D eigenvalue weighted by molar-refractivity contribution is 6.00. The SMILES string of the molecule is CCOC(=O)CC(C)N1CC(=O)NC(=O)C1C. The lowest BCUT2D eigenvalue weighted by Crippen LogP contribution is -2.59. The summed E-state index contributed by atoms with van der Waals surface area (Å²) in [5, 5.41) is 2.26. The molecule has 0 saturated carbocycles. The highest BCUT2D eigenvalue weighted by Gasteiger charge is 2.33. The number of carbonyl (C=O) groups excluding carboxylic acids is 3. The van der Waals surface area contributed by atoms with Crippen molar-refractivity contribution >= 4 is 17.8 Å². The van der Waals surface area contributed by atoms with Crippen molar-refractivity contribution < 1.29 is 19.1 Å². The second kappa shape index (κ2) is 5.77. The molecule has 1 aliphatic heterocycles. The highest BCUT2D eigenvalue weighted by atomic mass is 16.5. The van der Waals surface area contributed by atoms with Crippen molar-refractivity contribution in [3.8, 4) is 0 Å². The minimum absolute atomic E-state index is 0.132. The van der Waals surface area contributed by atoms with Gasteiger partial charge in [-0.2, -0.15) is 0 Å². The molecule has 0 radical (unpaired) electrons. The zero-order valence-electron chi connectivity index (χ0n) is 10.4. The van der Waals surface area contributed by atoms with Gasteiger partial charge in [0.2, 0.25) is 11.8 Å². The predicted octanol–water partition coefficient (Wildman–Crippen LogP) is -0.325. The fourth-order valence-corrected chi connectivity index (χ4v) is 1.85. The molecule has 1 saturated heterocycles. The number of rotatable bonds is 4. The van der Waals surface area contributed by atoms with Crippen LogP contribution in [0.5, 0.6) is 0 Å². The minimum atomic E-state index is -0.405. The highest BCUT2D eigenvalue weighted by Crippen LogP contribution is 2.12. The van der Waals surface area contributed by atoms with Crippen molar-refractivity contribution in [2.75, 3.05) is 13.2 Å². The van der Waals surface area contributed by atoms with Crippen molar-refractivity contribution in [2.24, 2.45) is 0 Å². The third-order valence-corrected chi connectivity index (χ3v) is 2.80. The number of hydrogen-bond acceptors (Lipinski definition) is 5. The summed E-state index contributed by atoms with van der Waals surface area (Å²) in [6.07, 6.45) is 0.179. The van der Waals surface area contributed by atoms with E-state index in [0.717, 1.165) is 0 Å². The molecule has 0 aliphatic carbocycles. The van der Waals surface area contributed by atoms with E-state index >= 15 is 0 Å². The van der Waals surface area contributed by atoms with Crippen molar-refractivity contribution in [3.63, 3.8) is 0 Å². The van der Waals surface area contributed by atoms with Gasteiger partial charge in [0, 0.05) is 6.04 Å². The van der Waals surface area contributed by atoms with Gasteiger partial charge in [-0.1, -0.05) is 0 Å². The van der Waals surface area contributed by atoms with E-state index < -0.39 is 6.04 Å². The summed E-state index contributed by atoms with van der Waals surface area (Å²) < 4.78 is 4.84. The van der Waals surface area contributed by atoms with Crippen LogP contribution >= 0.6 is 0 Å². The molecule has 2 atom stereocenters. The van der Waals surface area contributed by atoms with Crippen LogP contribution in [0.25, 0.3) is 0 Å². The lowest BCUT2D eigenvalue weighted by Gasteiger charge is -2.35. The molecule has 96 valence electrons. The van der Waals surface area contributed by atoms with E-state index in [1.54, 1.807) is 25.7 Å². The van der Waals surface area contributed by atoms with Gasteiger partial charge in [0.15, 0.2) is 0 Å². The number of imide groups is 1. The Morgan fingerprint density at radius 2 is 2.24 bits per heavy atom. The summed E-state index contributed by atoms with van der Waals surface area (Å²) >= 11 is 0. The van der Waals surface area contributed by atoms with Crippen LogP contribution in [-0.4, -0.2) is 47.9 Å². The summed E-state index contributed by atoms with van der Waals surface area (Å²) in [6, 6.07) is -0.601. The molecule has 1 rings (SSSR count). The van der Waals surface area contributed by atoms with Crippen LogP contribution in [-0.2, 0) is 19.1 Å². The Morgan fingerprint density at radius 1 is 1.59 bits per heavy atom. The molecule has 1 N–H and O–H groups in total. The monoisotopic (exact) mass is 242 g/mol. The van der Waals surface area contributed by atoms with Gasteiger partial charge in [0.25, 0.3) is 0 Å². The normalized spacial score (nSPS) is 23.1. The maximum Gasteiger partial charge on any atom is 0.307 e. The van der Waals surface area contributed by atoms with Gasteiger partial charge in [0.1, 0.15) is 0 Å². The Balaban J connectivity index is 2.60. The summed E-state index contributed by atoms with van der Waals surface area (Å²) in [5.74, 6) is -0.966. The molecule has 1 fully saturated rings. The molecule has 1 aliphatic rings. The molecule has 6 heteroatoms. The van der Waals surface area contributed by atoms with Crippen molar-refractivity contribution in [1.29, 1.82) is 0 Å². The van der Waals surface area contributed by atoms with E-state index in [9.17, 15) is 14.4 Å². The van der Waals surface area contributed by atoms with E-state index in [-0.39, 0.29) is 36.8 Å². The number of amides is 2. The minimum Gasteiger partial charge on any atom is -0.466 e. The summed E-state index contributed by atoms with van der Waals surface area (Å²) in [5.41, 5.74) is 0. The first-order chi connectivity index (χ1) is 7.95. The van der Waals surface area contributed by atoms with Gasteiger partial charge in [-0.3, -0.25) is 24.6 Å². The number of nitrogens with one attached hydrogen (secondary N) is 1. The molecule has 17 heavy (non-hydrogen) atoms. The van der Waals surface area contributed by atoms with Crippen molar-refractivity contribution in [1.82, 2.24) is 10.2 Å². The van der Waals surface area contributed by atoms with E-state index in [1.807, 2.05) is 0 Å². The molecule has 0 spiro atoms. The van der Waals surface area contributed by atoms with Gasteiger partial charge in [-0.15, -0.1) is 0 Å².